The fourth-order valence-electron chi connectivity index (χ4n) is 3.86. The maximum Gasteiger partial charge on any atom is 0.227 e. The predicted molar refractivity (Wildman–Crippen MR) is 114 cm³/mol. The zero-order valence-corrected chi connectivity index (χ0v) is 17.3. The Kier molecular flexibility index (Phi) is 7.28. The van der Waals surface area contributed by atoms with Crippen LogP contribution in [0.15, 0.2) is 54.6 Å². The van der Waals surface area contributed by atoms with Crippen LogP contribution >= 0.6 is 0 Å². The molecule has 0 bridgehead atoms. The van der Waals surface area contributed by atoms with Gasteiger partial charge in [0.15, 0.2) is 0 Å². The monoisotopic (exact) mass is 394 g/mol. The highest BCUT2D eigenvalue weighted by Gasteiger charge is 2.40. The van der Waals surface area contributed by atoms with Crippen LogP contribution in [-0.4, -0.2) is 43.5 Å². The van der Waals surface area contributed by atoms with Crippen molar-refractivity contribution in [2.75, 3.05) is 26.7 Å². The second-order valence-corrected chi connectivity index (χ2v) is 7.59. The van der Waals surface area contributed by atoms with Gasteiger partial charge in [0, 0.05) is 25.6 Å². The van der Waals surface area contributed by atoms with Crippen LogP contribution in [0, 0.1) is 5.92 Å². The van der Waals surface area contributed by atoms with Gasteiger partial charge in [0.25, 0.3) is 0 Å². The van der Waals surface area contributed by atoms with E-state index in [-0.39, 0.29) is 23.7 Å². The number of nitrogens with zero attached hydrogens (tertiary/aromatic N) is 1. The molecule has 1 heterocycles. The number of hydrogen-bond donors (Lipinski definition) is 1. The Labute approximate surface area is 173 Å². The van der Waals surface area contributed by atoms with Crippen molar-refractivity contribution in [3.8, 4) is 5.75 Å². The van der Waals surface area contributed by atoms with Crippen LogP contribution in [0.1, 0.15) is 36.8 Å². The van der Waals surface area contributed by atoms with E-state index < -0.39 is 0 Å². The van der Waals surface area contributed by atoms with E-state index in [4.69, 9.17) is 4.74 Å². The molecule has 1 aliphatic rings. The lowest BCUT2D eigenvalue weighted by Gasteiger charge is -2.18. The van der Waals surface area contributed by atoms with Crippen molar-refractivity contribution in [1.82, 2.24) is 10.2 Å². The summed E-state index contributed by atoms with van der Waals surface area (Å²) in [5.41, 5.74) is 2.06. The van der Waals surface area contributed by atoms with Gasteiger partial charge in [0.1, 0.15) is 5.75 Å². The molecule has 5 heteroatoms. The van der Waals surface area contributed by atoms with Crippen LogP contribution in [0.4, 0.5) is 0 Å². The number of benzene rings is 2. The van der Waals surface area contributed by atoms with Crippen LogP contribution in [-0.2, 0) is 16.0 Å². The third-order valence-corrected chi connectivity index (χ3v) is 5.58. The Hall–Kier alpha value is -2.82. The van der Waals surface area contributed by atoms with Crippen LogP contribution in [0.2, 0.25) is 0 Å². The fourth-order valence-corrected chi connectivity index (χ4v) is 3.86. The Bertz CT molecular complexity index is 805. The number of hydrogen-bond acceptors (Lipinski definition) is 3. The minimum Gasteiger partial charge on any atom is -0.497 e. The average molecular weight is 395 g/mol. The van der Waals surface area contributed by atoms with Crippen molar-refractivity contribution in [3.63, 3.8) is 0 Å². The molecule has 0 aliphatic carbocycles. The van der Waals surface area contributed by atoms with Crippen molar-refractivity contribution >= 4 is 11.8 Å². The Balaban J connectivity index is 1.75. The van der Waals surface area contributed by atoms with E-state index >= 15 is 0 Å². The first-order chi connectivity index (χ1) is 14.1. The molecule has 3 rings (SSSR count). The second-order valence-electron chi connectivity index (χ2n) is 7.59. The van der Waals surface area contributed by atoms with Gasteiger partial charge in [0.05, 0.1) is 19.4 Å². The molecular weight excluding hydrogens is 364 g/mol. The summed E-state index contributed by atoms with van der Waals surface area (Å²) in [5.74, 6) is 0.641. The molecular formula is C24H30N2O3. The lowest BCUT2D eigenvalue weighted by Crippen LogP contribution is -2.36. The highest BCUT2D eigenvalue weighted by atomic mass is 16.5. The summed E-state index contributed by atoms with van der Waals surface area (Å²) < 4.78 is 5.25. The molecule has 2 aromatic carbocycles. The number of rotatable bonds is 8. The number of methoxy groups -OCH3 is 1. The van der Waals surface area contributed by atoms with Crippen LogP contribution in [0.25, 0.3) is 0 Å². The largest absolute Gasteiger partial charge is 0.497 e. The number of ether oxygens (including phenoxy) is 1. The van der Waals surface area contributed by atoms with Crippen LogP contribution < -0.4 is 10.1 Å². The molecule has 1 saturated heterocycles. The molecule has 1 fully saturated rings. The van der Waals surface area contributed by atoms with Crippen molar-refractivity contribution in [1.29, 1.82) is 0 Å². The van der Waals surface area contributed by atoms with Crippen molar-refractivity contribution in [2.24, 2.45) is 5.92 Å². The number of amides is 2. The zero-order chi connectivity index (χ0) is 20.6. The summed E-state index contributed by atoms with van der Waals surface area (Å²) in [6.45, 7) is 3.80. The minimum absolute atomic E-state index is 0.0118. The molecule has 2 aromatic rings. The molecule has 0 spiro atoms. The Morgan fingerprint density at radius 2 is 1.79 bits per heavy atom. The summed E-state index contributed by atoms with van der Waals surface area (Å²) in [6, 6.07) is 17.6. The summed E-state index contributed by atoms with van der Waals surface area (Å²) in [6.07, 6.45) is 2.36. The molecule has 0 radical (unpaired) electrons. The first-order valence-electron chi connectivity index (χ1n) is 10.4. The van der Waals surface area contributed by atoms with E-state index in [0.717, 1.165) is 29.7 Å². The third-order valence-electron chi connectivity index (χ3n) is 5.58. The van der Waals surface area contributed by atoms with Crippen molar-refractivity contribution in [3.05, 3.63) is 65.7 Å². The molecule has 5 nitrogen and oxygen atoms in total. The predicted octanol–water partition coefficient (Wildman–Crippen LogP) is 3.40. The van der Waals surface area contributed by atoms with Gasteiger partial charge in [-0.1, -0.05) is 55.8 Å². The zero-order valence-electron chi connectivity index (χ0n) is 17.3. The molecule has 2 unspecified atom stereocenters. The Morgan fingerprint density at radius 3 is 2.45 bits per heavy atom. The Morgan fingerprint density at radius 1 is 1.07 bits per heavy atom. The normalized spacial score (nSPS) is 18.5. The highest BCUT2D eigenvalue weighted by Crippen LogP contribution is 2.34. The maximum absolute atomic E-state index is 12.9. The quantitative estimate of drug-likeness (QED) is 0.698. The molecule has 2 amide bonds. The van der Waals surface area contributed by atoms with Gasteiger partial charge in [-0.15, -0.1) is 0 Å². The lowest BCUT2D eigenvalue weighted by atomic mass is 9.88. The number of likely N-dealkylation sites (tertiary alicyclic amines) is 1. The van der Waals surface area contributed by atoms with Gasteiger partial charge in [-0.05, 0) is 29.7 Å². The highest BCUT2D eigenvalue weighted by molar-refractivity contribution is 5.84. The van der Waals surface area contributed by atoms with Gasteiger partial charge < -0.3 is 15.0 Å². The van der Waals surface area contributed by atoms with Gasteiger partial charge in [-0.2, -0.15) is 0 Å². The van der Waals surface area contributed by atoms with Gasteiger partial charge in [-0.3, -0.25) is 9.59 Å². The smallest absolute Gasteiger partial charge is 0.227 e. The average Bonchev–Trinajstić information content (AvgIpc) is 3.20. The van der Waals surface area contributed by atoms with Crippen LogP contribution in [0.3, 0.4) is 0 Å². The molecule has 1 aliphatic heterocycles. The fraction of sp³-hybridized carbons (Fsp3) is 0.417. The lowest BCUT2D eigenvalue weighted by molar-refractivity contribution is -0.130. The molecule has 0 saturated carbocycles. The third kappa shape index (κ3) is 5.37. The van der Waals surface area contributed by atoms with E-state index in [1.807, 2.05) is 59.5 Å². The van der Waals surface area contributed by atoms with Crippen molar-refractivity contribution in [2.45, 2.75) is 32.1 Å². The van der Waals surface area contributed by atoms with E-state index in [1.165, 1.54) is 0 Å². The maximum atomic E-state index is 12.9. The van der Waals surface area contributed by atoms with Crippen LogP contribution in [0.5, 0.6) is 5.75 Å². The molecule has 0 aromatic heterocycles. The second kappa shape index (κ2) is 10.1. The number of carbonyl (C=O) groups is 2. The summed E-state index contributed by atoms with van der Waals surface area (Å²) in [7, 11) is 1.64. The van der Waals surface area contributed by atoms with Crippen molar-refractivity contribution < 1.29 is 14.3 Å². The number of nitrogens with one attached hydrogen (secondary N) is 1. The van der Waals surface area contributed by atoms with E-state index in [1.54, 1.807) is 7.11 Å². The molecule has 1 N–H and O–H groups in total. The minimum atomic E-state index is -0.236. The molecule has 2 atom stereocenters. The topological polar surface area (TPSA) is 58.6 Å². The summed E-state index contributed by atoms with van der Waals surface area (Å²) in [4.78, 5) is 27.6. The molecule has 154 valence electrons. The van der Waals surface area contributed by atoms with Gasteiger partial charge in [0.2, 0.25) is 11.8 Å². The van der Waals surface area contributed by atoms with E-state index in [0.29, 0.717) is 26.1 Å². The van der Waals surface area contributed by atoms with E-state index in [2.05, 4.69) is 12.2 Å². The first-order valence-corrected chi connectivity index (χ1v) is 10.4. The first kappa shape index (κ1) is 20.9. The SMILES string of the molecule is CCCCNC(=O)C1CN(C(=O)Cc2ccccc2)CC1c1ccc(OC)cc1. The van der Waals surface area contributed by atoms with Gasteiger partial charge in [-0.25, -0.2) is 0 Å². The summed E-state index contributed by atoms with van der Waals surface area (Å²) in [5, 5.41) is 3.06. The standard InChI is InChI=1S/C24H30N2O3/c1-3-4-14-25-24(28)22-17-26(23(27)15-18-8-6-5-7-9-18)16-21(22)19-10-12-20(29-2)13-11-19/h5-13,21-22H,3-4,14-17H2,1-2H3,(H,25,28). The summed E-state index contributed by atoms with van der Waals surface area (Å²) >= 11 is 0. The van der Waals surface area contributed by atoms with Gasteiger partial charge >= 0.3 is 0 Å². The van der Waals surface area contributed by atoms with E-state index in [9.17, 15) is 9.59 Å². The molecule has 29 heavy (non-hydrogen) atoms. The number of carbonyl (C=O) groups excluding carboxylic acids is 2. The number of unbranched alkanes of at least 4 members (excludes halogenated alkanes) is 1.